The number of hydrogen-bond acceptors (Lipinski definition) is 4. The van der Waals surface area contributed by atoms with Crippen LogP contribution in [0.25, 0.3) is 0 Å². The number of aryl methyl sites for hydroxylation is 1. The number of ether oxygens (including phenoxy) is 1. The molecule has 0 bridgehead atoms. The van der Waals surface area contributed by atoms with Crippen LogP contribution >= 0.6 is 0 Å². The number of hydrogen-bond donors (Lipinski definition) is 1. The summed E-state index contributed by atoms with van der Waals surface area (Å²) in [6, 6.07) is 5.65. The molecule has 118 valence electrons. The zero-order valence-corrected chi connectivity index (χ0v) is 12.8. The summed E-state index contributed by atoms with van der Waals surface area (Å²) in [5.74, 6) is -0.624. The molecule has 0 spiro atoms. The molecule has 0 aliphatic rings. The van der Waals surface area contributed by atoms with E-state index in [1.807, 2.05) is 17.8 Å². The van der Waals surface area contributed by atoms with E-state index in [0.717, 1.165) is 11.1 Å². The van der Waals surface area contributed by atoms with Gasteiger partial charge in [-0.25, -0.2) is 4.39 Å². The van der Waals surface area contributed by atoms with Gasteiger partial charge in [-0.2, -0.15) is 5.10 Å². The summed E-state index contributed by atoms with van der Waals surface area (Å²) in [5.41, 5.74) is 1.97. The minimum Gasteiger partial charge on any atom is -0.468 e. The first-order chi connectivity index (χ1) is 10.6. The second-order valence-corrected chi connectivity index (χ2v) is 5.14. The third-order valence-electron chi connectivity index (χ3n) is 3.33. The van der Waals surface area contributed by atoms with Gasteiger partial charge in [-0.05, 0) is 36.6 Å². The number of halogens is 1. The Hall–Kier alpha value is -2.21. The maximum atomic E-state index is 12.9. The fourth-order valence-corrected chi connectivity index (χ4v) is 2.18. The molecule has 0 aliphatic heterocycles. The van der Waals surface area contributed by atoms with Crippen LogP contribution in [0, 0.1) is 12.7 Å². The minimum atomic E-state index is -0.466. The molecular formula is C16H20FN3O2. The lowest BCUT2D eigenvalue weighted by atomic mass is 10.1. The van der Waals surface area contributed by atoms with Crippen molar-refractivity contribution in [1.82, 2.24) is 15.1 Å². The monoisotopic (exact) mass is 305 g/mol. The van der Waals surface area contributed by atoms with Crippen molar-refractivity contribution in [3.8, 4) is 0 Å². The first-order valence-electron chi connectivity index (χ1n) is 7.13. The van der Waals surface area contributed by atoms with Crippen LogP contribution < -0.4 is 5.32 Å². The van der Waals surface area contributed by atoms with Gasteiger partial charge in [0, 0.05) is 12.7 Å². The van der Waals surface area contributed by atoms with Crippen LogP contribution in [0.15, 0.2) is 36.7 Å². The zero-order valence-electron chi connectivity index (χ0n) is 12.8. The van der Waals surface area contributed by atoms with Crippen molar-refractivity contribution >= 4 is 5.97 Å². The molecule has 0 radical (unpaired) electrons. The van der Waals surface area contributed by atoms with Crippen molar-refractivity contribution in [2.24, 2.45) is 0 Å². The Bertz CT molecular complexity index is 610. The van der Waals surface area contributed by atoms with E-state index in [1.54, 1.807) is 18.3 Å². The topological polar surface area (TPSA) is 56.1 Å². The van der Waals surface area contributed by atoms with Gasteiger partial charge < -0.3 is 10.1 Å². The van der Waals surface area contributed by atoms with Crippen molar-refractivity contribution in [3.63, 3.8) is 0 Å². The second-order valence-electron chi connectivity index (χ2n) is 5.14. The molecule has 5 nitrogen and oxygen atoms in total. The molecule has 1 atom stereocenters. The number of esters is 1. The van der Waals surface area contributed by atoms with Crippen molar-refractivity contribution in [2.75, 3.05) is 13.7 Å². The van der Waals surface area contributed by atoms with Gasteiger partial charge in [0.25, 0.3) is 0 Å². The molecule has 6 heteroatoms. The molecule has 22 heavy (non-hydrogen) atoms. The molecule has 0 saturated carbocycles. The highest BCUT2D eigenvalue weighted by molar-refractivity contribution is 5.76. The molecule has 0 aliphatic carbocycles. The van der Waals surface area contributed by atoms with Crippen molar-refractivity contribution in [2.45, 2.75) is 25.9 Å². The Morgan fingerprint density at radius 3 is 2.73 bits per heavy atom. The Morgan fingerprint density at radius 2 is 2.14 bits per heavy atom. The van der Waals surface area contributed by atoms with Gasteiger partial charge in [-0.15, -0.1) is 0 Å². The maximum Gasteiger partial charge on any atom is 0.323 e. The lowest BCUT2D eigenvalue weighted by Crippen LogP contribution is -2.41. The average Bonchev–Trinajstić information content (AvgIpc) is 2.93. The number of carbonyl (C=O) groups excluding carboxylic acids is 1. The molecule has 2 rings (SSSR count). The Morgan fingerprint density at radius 1 is 1.41 bits per heavy atom. The molecule has 0 fully saturated rings. The van der Waals surface area contributed by atoms with Crippen LogP contribution in [0.4, 0.5) is 4.39 Å². The molecule has 1 heterocycles. The number of methoxy groups -OCH3 is 1. The van der Waals surface area contributed by atoms with Crippen LogP contribution in [0.5, 0.6) is 0 Å². The summed E-state index contributed by atoms with van der Waals surface area (Å²) in [7, 11) is 1.36. The normalized spacial score (nSPS) is 12.1. The van der Waals surface area contributed by atoms with E-state index in [-0.39, 0.29) is 11.8 Å². The van der Waals surface area contributed by atoms with E-state index < -0.39 is 6.04 Å². The predicted molar refractivity (Wildman–Crippen MR) is 80.9 cm³/mol. The van der Waals surface area contributed by atoms with Crippen LogP contribution in [-0.2, 0) is 22.5 Å². The first kappa shape index (κ1) is 16.2. The number of aromatic nitrogens is 2. The Labute approximate surface area is 129 Å². The van der Waals surface area contributed by atoms with Crippen molar-refractivity contribution < 1.29 is 13.9 Å². The van der Waals surface area contributed by atoms with Crippen LogP contribution in [0.1, 0.15) is 11.1 Å². The van der Waals surface area contributed by atoms with Gasteiger partial charge in [-0.3, -0.25) is 9.48 Å². The van der Waals surface area contributed by atoms with E-state index in [4.69, 9.17) is 4.74 Å². The second kappa shape index (κ2) is 7.70. The smallest absolute Gasteiger partial charge is 0.323 e. The standard InChI is InChI=1S/C16H20FN3O2/c1-12-10-19-20(11-12)8-7-18-15(16(21)22-2)9-13-3-5-14(17)6-4-13/h3-6,10-11,15,18H,7-9H2,1-2H3/t15-/m0/s1. The molecule has 1 N–H and O–H groups in total. The molecule has 0 amide bonds. The first-order valence-corrected chi connectivity index (χ1v) is 7.13. The molecule has 0 saturated heterocycles. The number of benzene rings is 1. The molecule has 2 aromatic rings. The highest BCUT2D eigenvalue weighted by Crippen LogP contribution is 2.07. The lowest BCUT2D eigenvalue weighted by Gasteiger charge is -2.16. The highest BCUT2D eigenvalue weighted by atomic mass is 19.1. The summed E-state index contributed by atoms with van der Waals surface area (Å²) in [6.07, 6.45) is 4.18. The Balaban J connectivity index is 1.91. The van der Waals surface area contributed by atoms with Crippen LogP contribution in [0.2, 0.25) is 0 Å². The fourth-order valence-electron chi connectivity index (χ4n) is 2.18. The average molecular weight is 305 g/mol. The molecule has 0 unspecified atom stereocenters. The number of nitrogens with zero attached hydrogens (tertiary/aromatic N) is 2. The third kappa shape index (κ3) is 4.66. The van der Waals surface area contributed by atoms with Gasteiger partial charge in [0.1, 0.15) is 11.9 Å². The summed E-state index contributed by atoms with van der Waals surface area (Å²) in [4.78, 5) is 11.8. The summed E-state index contributed by atoms with van der Waals surface area (Å²) < 4.78 is 19.6. The van der Waals surface area contributed by atoms with E-state index in [0.29, 0.717) is 19.5 Å². The summed E-state index contributed by atoms with van der Waals surface area (Å²) in [6.45, 7) is 3.22. The van der Waals surface area contributed by atoms with E-state index in [2.05, 4.69) is 10.4 Å². The summed E-state index contributed by atoms with van der Waals surface area (Å²) in [5, 5.41) is 7.35. The van der Waals surface area contributed by atoms with Crippen LogP contribution in [0.3, 0.4) is 0 Å². The predicted octanol–water partition coefficient (Wildman–Crippen LogP) is 1.70. The SMILES string of the molecule is COC(=O)[C@H](Cc1ccc(F)cc1)NCCn1cc(C)cn1. The van der Waals surface area contributed by atoms with E-state index in [9.17, 15) is 9.18 Å². The lowest BCUT2D eigenvalue weighted by molar-refractivity contribution is -0.143. The van der Waals surface area contributed by atoms with E-state index in [1.165, 1.54) is 19.2 Å². The van der Waals surface area contributed by atoms with Gasteiger partial charge in [0.15, 0.2) is 0 Å². The van der Waals surface area contributed by atoms with Gasteiger partial charge in [0.2, 0.25) is 0 Å². The number of rotatable bonds is 7. The summed E-state index contributed by atoms with van der Waals surface area (Å²) >= 11 is 0. The number of nitrogens with one attached hydrogen (secondary N) is 1. The molecule has 1 aromatic carbocycles. The minimum absolute atomic E-state index is 0.291. The maximum absolute atomic E-state index is 12.9. The van der Waals surface area contributed by atoms with Gasteiger partial charge in [0.05, 0.1) is 19.9 Å². The van der Waals surface area contributed by atoms with Crippen molar-refractivity contribution in [3.05, 3.63) is 53.6 Å². The molecule has 1 aromatic heterocycles. The quantitative estimate of drug-likeness (QED) is 0.791. The highest BCUT2D eigenvalue weighted by Gasteiger charge is 2.18. The fraction of sp³-hybridized carbons (Fsp3) is 0.375. The van der Waals surface area contributed by atoms with Crippen molar-refractivity contribution in [1.29, 1.82) is 0 Å². The largest absolute Gasteiger partial charge is 0.468 e. The van der Waals surface area contributed by atoms with E-state index >= 15 is 0 Å². The number of carbonyl (C=O) groups is 1. The Kier molecular flexibility index (Phi) is 5.66. The third-order valence-corrected chi connectivity index (χ3v) is 3.33. The van der Waals surface area contributed by atoms with Gasteiger partial charge in [-0.1, -0.05) is 12.1 Å². The van der Waals surface area contributed by atoms with Crippen LogP contribution in [-0.4, -0.2) is 35.4 Å². The zero-order chi connectivity index (χ0) is 15.9. The van der Waals surface area contributed by atoms with Gasteiger partial charge >= 0.3 is 5.97 Å². The molecular weight excluding hydrogens is 285 g/mol.